The maximum absolute atomic E-state index is 12.1. The first-order valence-electron chi connectivity index (χ1n) is 6.63. The molecule has 0 saturated heterocycles. The lowest BCUT2D eigenvalue weighted by atomic mass is 10.4. The number of nitrogens with zero attached hydrogens (tertiary/aromatic N) is 2. The molecule has 1 N–H and O–H groups in total. The highest BCUT2D eigenvalue weighted by molar-refractivity contribution is 8.00. The summed E-state index contributed by atoms with van der Waals surface area (Å²) < 4.78 is 1.99. The van der Waals surface area contributed by atoms with E-state index in [1.807, 2.05) is 59.4 Å². The lowest BCUT2D eigenvalue weighted by Gasteiger charge is -2.10. The first kappa shape index (κ1) is 14.2. The van der Waals surface area contributed by atoms with Gasteiger partial charge < -0.3 is 5.32 Å². The standard InChI is InChI=1S/C15H15N3OS2/c1-11(14(19)16-10-13-6-4-8-20-13)21-15-17-9-12-5-2-3-7-18(12)15/h2-9,11H,10H2,1H3,(H,16,19)/t11-/m0/s1. The zero-order valence-corrected chi connectivity index (χ0v) is 13.2. The van der Waals surface area contributed by atoms with E-state index in [-0.39, 0.29) is 11.2 Å². The van der Waals surface area contributed by atoms with Crippen molar-refractivity contribution in [2.24, 2.45) is 0 Å². The summed E-state index contributed by atoms with van der Waals surface area (Å²) in [6.07, 6.45) is 3.78. The Morgan fingerprint density at radius 1 is 1.43 bits per heavy atom. The van der Waals surface area contributed by atoms with Crippen LogP contribution in [-0.2, 0) is 11.3 Å². The van der Waals surface area contributed by atoms with Crippen molar-refractivity contribution in [1.82, 2.24) is 14.7 Å². The van der Waals surface area contributed by atoms with Gasteiger partial charge in [-0.2, -0.15) is 0 Å². The minimum atomic E-state index is -0.184. The molecule has 0 bridgehead atoms. The summed E-state index contributed by atoms with van der Waals surface area (Å²) in [7, 11) is 0. The monoisotopic (exact) mass is 317 g/mol. The van der Waals surface area contributed by atoms with Crippen LogP contribution in [-0.4, -0.2) is 20.5 Å². The lowest BCUT2D eigenvalue weighted by Crippen LogP contribution is -2.30. The summed E-state index contributed by atoms with van der Waals surface area (Å²) in [4.78, 5) is 17.7. The van der Waals surface area contributed by atoms with Crippen LogP contribution in [0.4, 0.5) is 0 Å². The van der Waals surface area contributed by atoms with Crippen LogP contribution in [0.15, 0.2) is 53.3 Å². The molecule has 3 heterocycles. The second-order valence-electron chi connectivity index (χ2n) is 4.59. The molecular weight excluding hydrogens is 302 g/mol. The zero-order chi connectivity index (χ0) is 14.7. The average molecular weight is 317 g/mol. The molecule has 0 saturated carbocycles. The number of hydrogen-bond donors (Lipinski definition) is 1. The maximum atomic E-state index is 12.1. The maximum Gasteiger partial charge on any atom is 0.233 e. The van der Waals surface area contributed by atoms with Crippen molar-refractivity contribution in [1.29, 1.82) is 0 Å². The lowest BCUT2D eigenvalue weighted by molar-refractivity contribution is -0.120. The number of carbonyl (C=O) groups is 1. The Labute approximate surface area is 131 Å². The Bertz CT molecular complexity index is 736. The number of fused-ring (bicyclic) bond motifs is 1. The van der Waals surface area contributed by atoms with Crippen LogP contribution in [0.25, 0.3) is 5.52 Å². The van der Waals surface area contributed by atoms with Crippen molar-refractivity contribution in [2.45, 2.75) is 23.9 Å². The predicted molar refractivity (Wildman–Crippen MR) is 86.7 cm³/mol. The van der Waals surface area contributed by atoms with Crippen molar-refractivity contribution < 1.29 is 4.79 Å². The third-order valence-electron chi connectivity index (χ3n) is 3.07. The normalized spacial score (nSPS) is 12.4. The molecule has 0 aromatic carbocycles. The van der Waals surface area contributed by atoms with E-state index in [0.29, 0.717) is 6.54 Å². The number of thioether (sulfide) groups is 1. The fraction of sp³-hybridized carbons (Fsp3) is 0.200. The molecule has 0 unspecified atom stereocenters. The van der Waals surface area contributed by atoms with Crippen molar-refractivity contribution in [2.75, 3.05) is 0 Å². The van der Waals surface area contributed by atoms with Gasteiger partial charge in [0.1, 0.15) is 0 Å². The van der Waals surface area contributed by atoms with Crippen LogP contribution in [0.5, 0.6) is 0 Å². The molecule has 0 aliphatic heterocycles. The fourth-order valence-corrected chi connectivity index (χ4v) is 3.49. The second-order valence-corrected chi connectivity index (χ2v) is 6.93. The van der Waals surface area contributed by atoms with E-state index < -0.39 is 0 Å². The van der Waals surface area contributed by atoms with Gasteiger partial charge in [0.25, 0.3) is 0 Å². The van der Waals surface area contributed by atoms with Gasteiger partial charge in [-0.1, -0.05) is 23.9 Å². The molecule has 0 aliphatic rings. The Morgan fingerprint density at radius 2 is 2.33 bits per heavy atom. The number of imidazole rings is 1. The summed E-state index contributed by atoms with van der Waals surface area (Å²) in [5.74, 6) is 0.0288. The summed E-state index contributed by atoms with van der Waals surface area (Å²) in [5.41, 5.74) is 1.03. The molecule has 0 radical (unpaired) electrons. The highest BCUT2D eigenvalue weighted by atomic mass is 32.2. The average Bonchev–Trinajstić information content (AvgIpc) is 3.15. The van der Waals surface area contributed by atoms with Gasteiger partial charge in [0.05, 0.1) is 23.5 Å². The van der Waals surface area contributed by atoms with Crippen LogP contribution < -0.4 is 5.32 Å². The topological polar surface area (TPSA) is 46.4 Å². The van der Waals surface area contributed by atoms with Crippen molar-refractivity contribution in [3.8, 4) is 0 Å². The highest BCUT2D eigenvalue weighted by Crippen LogP contribution is 2.23. The number of rotatable bonds is 5. The minimum absolute atomic E-state index is 0.0288. The largest absolute Gasteiger partial charge is 0.350 e. The van der Waals surface area contributed by atoms with E-state index in [1.165, 1.54) is 11.8 Å². The van der Waals surface area contributed by atoms with E-state index >= 15 is 0 Å². The van der Waals surface area contributed by atoms with E-state index in [0.717, 1.165) is 15.6 Å². The zero-order valence-electron chi connectivity index (χ0n) is 11.5. The molecule has 3 aromatic heterocycles. The van der Waals surface area contributed by atoms with Crippen molar-refractivity contribution in [3.63, 3.8) is 0 Å². The number of thiophene rings is 1. The molecule has 6 heteroatoms. The summed E-state index contributed by atoms with van der Waals surface area (Å²) in [6.45, 7) is 2.49. The molecular formula is C15H15N3OS2. The molecule has 0 fully saturated rings. The van der Waals surface area contributed by atoms with E-state index in [1.54, 1.807) is 11.3 Å². The molecule has 3 rings (SSSR count). The second kappa shape index (κ2) is 6.32. The predicted octanol–water partition coefficient (Wildman–Crippen LogP) is 3.19. The van der Waals surface area contributed by atoms with Gasteiger partial charge >= 0.3 is 0 Å². The number of amides is 1. The van der Waals surface area contributed by atoms with Gasteiger partial charge in [-0.15, -0.1) is 11.3 Å². The number of hydrogen-bond acceptors (Lipinski definition) is 4. The molecule has 0 aliphatic carbocycles. The summed E-state index contributed by atoms with van der Waals surface area (Å²) >= 11 is 3.11. The van der Waals surface area contributed by atoms with Crippen LogP contribution in [0.3, 0.4) is 0 Å². The van der Waals surface area contributed by atoms with Crippen LogP contribution in [0, 0.1) is 0 Å². The van der Waals surface area contributed by atoms with E-state index in [4.69, 9.17) is 0 Å². The number of aromatic nitrogens is 2. The first-order valence-corrected chi connectivity index (χ1v) is 8.39. The molecule has 3 aromatic rings. The molecule has 21 heavy (non-hydrogen) atoms. The highest BCUT2D eigenvalue weighted by Gasteiger charge is 2.16. The van der Waals surface area contributed by atoms with Crippen molar-refractivity contribution >= 4 is 34.5 Å². The summed E-state index contributed by atoms with van der Waals surface area (Å²) in [5, 5.41) is 5.62. The quantitative estimate of drug-likeness (QED) is 0.735. The van der Waals surface area contributed by atoms with Gasteiger partial charge in [-0.3, -0.25) is 9.20 Å². The van der Waals surface area contributed by atoms with E-state index in [9.17, 15) is 4.79 Å². The van der Waals surface area contributed by atoms with Crippen LogP contribution in [0.1, 0.15) is 11.8 Å². The van der Waals surface area contributed by atoms with Crippen molar-refractivity contribution in [3.05, 3.63) is 53.0 Å². The number of pyridine rings is 1. The van der Waals surface area contributed by atoms with E-state index in [2.05, 4.69) is 10.3 Å². The Kier molecular flexibility index (Phi) is 4.26. The minimum Gasteiger partial charge on any atom is -0.350 e. The SMILES string of the molecule is C[C@H](Sc1ncc2ccccn12)C(=O)NCc1cccs1. The fourth-order valence-electron chi connectivity index (χ4n) is 1.95. The first-order chi connectivity index (χ1) is 10.2. The Hall–Kier alpha value is -1.79. The van der Waals surface area contributed by atoms with Crippen LogP contribution in [0.2, 0.25) is 0 Å². The molecule has 108 valence electrons. The number of carbonyl (C=O) groups excluding carboxylic acids is 1. The molecule has 0 spiro atoms. The summed E-state index contributed by atoms with van der Waals surface area (Å²) in [6, 6.07) is 9.94. The van der Waals surface area contributed by atoms with Gasteiger partial charge in [0, 0.05) is 11.1 Å². The molecule has 4 nitrogen and oxygen atoms in total. The number of nitrogens with one attached hydrogen (secondary N) is 1. The smallest absolute Gasteiger partial charge is 0.233 e. The van der Waals surface area contributed by atoms with Gasteiger partial charge in [0.2, 0.25) is 5.91 Å². The Morgan fingerprint density at radius 3 is 3.14 bits per heavy atom. The van der Waals surface area contributed by atoms with Gasteiger partial charge in [-0.25, -0.2) is 4.98 Å². The molecule has 1 amide bonds. The van der Waals surface area contributed by atoms with Gasteiger partial charge in [-0.05, 0) is 30.5 Å². The third-order valence-corrected chi connectivity index (χ3v) is 5.03. The van der Waals surface area contributed by atoms with Gasteiger partial charge in [0.15, 0.2) is 5.16 Å². The van der Waals surface area contributed by atoms with Crippen LogP contribution >= 0.6 is 23.1 Å². The Balaban J connectivity index is 1.62. The third kappa shape index (κ3) is 3.28. The molecule has 1 atom stereocenters.